The van der Waals surface area contributed by atoms with Crippen LogP contribution in [0.4, 0.5) is 0 Å². The molecule has 0 saturated carbocycles. The minimum absolute atomic E-state index is 0.00508. The van der Waals surface area contributed by atoms with Crippen molar-refractivity contribution in [1.29, 1.82) is 0 Å². The summed E-state index contributed by atoms with van der Waals surface area (Å²) < 4.78 is 1.98. The van der Waals surface area contributed by atoms with Crippen molar-refractivity contribution in [3.63, 3.8) is 0 Å². The van der Waals surface area contributed by atoms with Gasteiger partial charge in [0.15, 0.2) is 5.16 Å². The number of thiophene rings is 1. The molecule has 25 heavy (non-hydrogen) atoms. The second kappa shape index (κ2) is 7.84. The first-order chi connectivity index (χ1) is 12.0. The molecular weight excluding hydrogens is 352 g/mol. The molecular formula is C18H20N4OS2. The number of benzene rings is 1. The molecule has 3 aromatic rings. The molecule has 130 valence electrons. The van der Waals surface area contributed by atoms with E-state index in [1.54, 1.807) is 11.3 Å². The summed E-state index contributed by atoms with van der Waals surface area (Å²) in [7, 11) is 0. The van der Waals surface area contributed by atoms with E-state index in [9.17, 15) is 4.79 Å². The van der Waals surface area contributed by atoms with Gasteiger partial charge in [0.25, 0.3) is 0 Å². The molecule has 0 unspecified atom stereocenters. The Morgan fingerprint density at radius 2 is 2.00 bits per heavy atom. The number of hydrogen-bond acceptors (Lipinski definition) is 5. The number of carbonyl (C=O) groups is 1. The minimum atomic E-state index is -0.257. The van der Waals surface area contributed by atoms with Crippen LogP contribution >= 0.6 is 23.1 Å². The lowest BCUT2D eigenvalue weighted by atomic mass is 10.2. The van der Waals surface area contributed by atoms with Crippen LogP contribution in [0.2, 0.25) is 0 Å². The van der Waals surface area contributed by atoms with Crippen LogP contribution < -0.4 is 5.32 Å². The van der Waals surface area contributed by atoms with Crippen LogP contribution in [-0.2, 0) is 11.3 Å². The van der Waals surface area contributed by atoms with Crippen LogP contribution in [0.25, 0.3) is 5.69 Å². The second-order valence-electron chi connectivity index (χ2n) is 5.76. The maximum absolute atomic E-state index is 12.4. The number of nitrogens with one attached hydrogen (secondary N) is 1. The molecule has 0 aliphatic carbocycles. The van der Waals surface area contributed by atoms with Gasteiger partial charge in [-0.3, -0.25) is 9.36 Å². The summed E-state index contributed by atoms with van der Waals surface area (Å²) in [4.78, 5) is 13.5. The van der Waals surface area contributed by atoms with Gasteiger partial charge in [-0.05, 0) is 44.4 Å². The van der Waals surface area contributed by atoms with Crippen molar-refractivity contribution in [3.05, 3.63) is 58.0 Å². The largest absolute Gasteiger partial charge is 0.350 e. The minimum Gasteiger partial charge on any atom is -0.350 e. The normalized spacial score (nSPS) is 12.1. The Kier molecular flexibility index (Phi) is 5.55. The average molecular weight is 373 g/mol. The monoisotopic (exact) mass is 372 g/mol. The zero-order valence-electron chi connectivity index (χ0n) is 14.4. The Labute approximate surface area is 155 Å². The molecule has 0 spiro atoms. The third-order valence-corrected chi connectivity index (χ3v) is 5.67. The highest BCUT2D eigenvalue weighted by atomic mass is 32.2. The zero-order chi connectivity index (χ0) is 17.8. The molecule has 2 heterocycles. The number of amides is 1. The van der Waals surface area contributed by atoms with Gasteiger partial charge in [-0.15, -0.1) is 21.5 Å². The van der Waals surface area contributed by atoms with Gasteiger partial charge in [0, 0.05) is 10.6 Å². The first-order valence-electron chi connectivity index (χ1n) is 8.00. The third kappa shape index (κ3) is 4.29. The average Bonchev–Trinajstić information content (AvgIpc) is 3.24. The van der Waals surface area contributed by atoms with Crippen LogP contribution in [0.1, 0.15) is 23.2 Å². The van der Waals surface area contributed by atoms with Crippen molar-refractivity contribution in [2.24, 2.45) is 0 Å². The lowest BCUT2D eigenvalue weighted by Crippen LogP contribution is -2.30. The Hall–Kier alpha value is -2.12. The maximum Gasteiger partial charge on any atom is 0.233 e. The van der Waals surface area contributed by atoms with E-state index in [2.05, 4.69) is 34.6 Å². The number of carbonyl (C=O) groups excluding carboxylic acids is 1. The number of aromatic nitrogens is 3. The quantitative estimate of drug-likeness (QED) is 0.670. The van der Waals surface area contributed by atoms with E-state index in [4.69, 9.17) is 0 Å². The molecule has 0 fully saturated rings. The van der Waals surface area contributed by atoms with Crippen molar-refractivity contribution in [3.8, 4) is 5.69 Å². The van der Waals surface area contributed by atoms with E-state index in [1.807, 2.05) is 48.1 Å². The van der Waals surface area contributed by atoms with E-state index in [1.165, 1.54) is 17.3 Å². The van der Waals surface area contributed by atoms with Gasteiger partial charge >= 0.3 is 0 Å². The Morgan fingerprint density at radius 3 is 2.68 bits per heavy atom. The molecule has 0 bridgehead atoms. The predicted molar refractivity (Wildman–Crippen MR) is 102 cm³/mol. The van der Waals surface area contributed by atoms with E-state index in [0.717, 1.165) is 21.5 Å². The van der Waals surface area contributed by atoms with Crippen molar-refractivity contribution in [2.45, 2.75) is 37.7 Å². The zero-order valence-corrected chi connectivity index (χ0v) is 16.0. The van der Waals surface area contributed by atoms with E-state index >= 15 is 0 Å². The molecule has 0 saturated heterocycles. The fourth-order valence-electron chi connectivity index (χ4n) is 2.35. The summed E-state index contributed by atoms with van der Waals surface area (Å²) in [5.74, 6) is 0.798. The summed E-state index contributed by atoms with van der Waals surface area (Å²) in [6.45, 7) is 6.42. The highest BCUT2D eigenvalue weighted by Crippen LogP contribution is 2.26. The Morgan fingerprint density at radius 1 is 1.24 bits per heavy atom. The van der Waals surface area contributed by atoms with Crippen LogP contribution in [0, 0.1) is 13.8 Å². The highest BCUT2D eigenvalue weighted by molar-refractivity contribution is 8.00. The van der Waals surface area contributed by atoms with Crippen LogP contribution in [0.15, 0.2) is 46.9 Å². The molecule has 5 nitrogen and oxygen atoms in total. The fourth-order valence-corrected chi connectivity index (χ4v) is 3.94. The first kappa shape index (κ1) is 17.7. The molecule has 3 rings (SSSR count). The van der Waals surface area contributed by atoms with Gasteiger partial charge < -0.3 is 5.32 Å². The molecule has 1 aromatic carbocycles. The smallest absolute Gasteiger partial charge is 0.233 e. The Bertz CT molecular complexity index is 841. The van der Waals surface area contributed by atoms with E-state index in [0.29, 0.717) is 6.54 Å². The van der Waals surface area contributed by atoms with E-state index in [-0.39, 0.29) is 11.2 Å². The summed E-state index contributed by atoms with van der Waals surface area (Å²) in [5.41, 5.74) is 2.20. The lowest BCUT2D eigenvalue weighted by molar-refractivity contribution is -0.120. The summed E-state index contributed by atoms with van der Waals surface area (Å²) in [6.07, 6.45) is 0. The predicted octanol–water partition coefficient (Wildman–Crippen LogP) is 3.74. The number of hydrogen-bond donors (Lipinski definition) is 1. The summed E-state index contributed by atoms with van der Waals surface area (Å²) in [5, 5.41) is 13.9. The molecule has 2 aromatic heterocycles. The maximum atomic E-state index is 12.4. The summed E-state index contributed by atoms with van der Waals surface area (Å²) >= 11 is 3.05. The first-order valence-corrected chi connectivity index (χ1v) is 9.76. The second-order valence-corrected chi connectivity index (χ2v) is 8.10. The van der Waals surface area contributed by atoms with Crippen molar-refractivity contribution >= 4 is 29.0 Å². The fraction of sp³-hybridized carbons (Fsp3) is 0.278. The molecule has 7 heteroatoms. The standard InChI is InChI=1S/C18H20N4OS2/c1-12-6-8-15(9-7-12)22-14(3)20-21-18(22)25-13(2)17(23)19-11-16-5-4-10-24-16/h4-10,13H,11H2,1-3H3,(H,19,23)/t13-/m1/s1. The molecule has 0 aliphatic rings. The molecule has 1 N–H and O–H groups in total. The van der Waals surface area contributed by atoms with Crippen LogP contribution in [0.5, 0.6) is 0 Å². The van der Waals surface area contributed by atoms with Crippen LogP contribution in [0.3, 0.4) is 0 Å². The van der Waals surface area contributed by atoms with Gasteiger partial charge in [-0.25, -0.2) is 0 Å². The van der Waals surface area contributed by atoms with Crippen molar-refractivity contribution < 1.29 is 4.79 Å². The Balaban J connectivity index is 1.70. The van der Waals surface area contributed by atoms with Gasteiger partial charge in [0.1, 0.15) is 5.82 Å². The van der Waals surface area contributed by atoms with Crippen LogP contribution in [-0.4, -0.2) is 25.9 Å². The SMILES string of the molecule is Cc1ccc(-n2c(C)nnc2S[C@H](C)C(=O)NCc2cccs2)cc1. The number of rotatable bonds is 6. The number of aryl methyl sites for hydroxylation is 2. The van der Waals surface area contributed by atoms with Gasteiger partial charge in [0.2, 0.25) is 5.91 Å². The number of nitrogens with zero attached hydrogens (tertiary/aromatic N) is 3. The van der Waals surface area contributed by atoms with Gasteiger partial charge in [-0.1, -0.05) is 35.5 Å². The van der Waals surface area contributed by atoms with Gasteiger partial charge in [0.05, 0.1) is 11.8 Å². The van der Waals surface area contributed by atoms with Crippen molar-refractivity contribution in [1.82, 2.24) is 20.1 Å². The summed E-state index contributed by atoms with van der Waals surface area (Å²) in [6, 6.07) is 12.2. The highest BCUT2D eigenvalue weighted by Gasteiger charge is 2.19. The lowest BCUT2D eigenvalue weighted by Gasteiger charge is -2.13. The van der Waals surface area contributed by atoms with Crippen molar-refractivity contribution in [2.75, 3.05) is 0 Å². The topological polar surface area (TPSA) is 59.8 Å². The molecule has 0 radical (unpaired) electrons. The van der Waals surface area contributed by atoms with Gasteiger partial charge in [-0.2, -0.15) is 0 Å². The molecule has 1 atom stereocenters. The van der Waals surface area contributed by atoms with E-state index < -0.39 is 0 Å². The molecule has 1 amide bonds. The molecule has 0 aliphatic heterocycles. The number of thioether (sulfide) groups is 1. The third-order valence-electron chi connectivity index (χ3n) is 3.76.